The summed E-state index contributed by atoms with van der Waals surface area (Å²) in [5, 5.41) is 0.265. The van der Waals surface area contributed by atoms with Crippen molar-refractivity contribution in [2.45, 2.75) is 23.8 Å². The Kier molecular flexibility index (Phi) is 4.96. The van der Waals surface area contributed by atoms with Crippen molar-refractivity contribution in [3.8, 4) is 0 Å². The van der Waals surface area contributed by atoms with Gasteiger partial charge in [-0.15, -0.1) is 0 Å². The van der Waals surface area contributed by atoms with E-state index in [2.05, 4.69) is 4.72 Å². The lowest BCUT2D eigenvalue weighted by Gasteiger charge is -2.23. The van der Waals surface area contributed by atoms with Crippen molar-refractivity contribution < 1.29 is 12.6 Å². The summed E-state index contributed by atoms with van der Waals surface area (Å²) in [6, 6.07) is 2.44. The second-order valence-electron chi connectivity index (χ2n) is 4.55. The molecule has 0 bridgehead atoms. The van der Waals surface area contributed by atoms with Gasteiger partial charge in [0.2, 0.25) is 10.0 Å². The van der Waals surface area contributed by atoms with E-state index in [1.165, 1.54) is 12.1 Å². The number of hydrogen-bond donors (Lipinski definition) is 2. The number of nitrogen functional groups attached to an aromatic ring is 1. The SMILES string of the molecule is Nc1cc(Cl)cc(Cl)c1S(=O)(=O)NC1CCS(=O)CC1. The van der Waals surface area contributed by atoms with Crippen LogP contribution in [0.15, 0.2) is 17.0 Å². The molecule has 0 amide bonds. The Bertz CT molecular complexity index is 616. The second kappa shape index (κ2) is 6.19. The summed E-state index contributed by atoms with van der Waals surface area (Å²) in [7, 11) is -4.67. The fourth-order valence-corrected chi connectivity index (χ4v) is 5.64. The van der Waals surface area contributed by atoms with Gasteiger partial charge in [-0.3, -0.25) is 4.21 Å². The number of nitrogens with one attached hydrogen (secondary N) is 1. The van der Waals surface area contributed by atoms with Crippen LogP contribution < -0.4 is 10.5 Å². The van der Waals surface area contributed by atoms with Gasteiger partial charge in [-0.05, 0) is 25.0 Å². The summed E-state index contributed by atoms with van der Waals surface area (Å²) in [5.41, 5.74) is 5.71. The van der Waals surface area contributed by atoms with Crippen LogP contribution in [0.3, 0.4) is 0 Å². The molecule has 0 radical (unpaired) electrons. The fraction of sp³-hybridized carbons (Fsp3) is 0.455. The molecule has 1 aromatic carbocycles. The Morgan fingerprint density at radius 1 is 1.25 bits per heavy atom. The van der Waals surface area contributed by atoms with Gasteiger partial charge in [-0.1, -0.05) is 23.2 Å². The maximum absolute atomic E-state index is 12.3. The minimum atomic E-state index is -3.82. The quantitative estimate of drug-likeness (QED) is 0.807. The Balaban J connectivity index is 2.25. The largest absolute Gasteiger partial charge is 0.398 e. The molecule has 1 heterocycles. The van der Waals surface area contributed by atoms with Crippen LogP contribution in [-0.2, 0) is 20.8 Å². The monoisotopic (exact) mass is 356 g/mol. The third-order valence-corrected chi connectivity index (χ3v) is 6.66. The lowest BCUT2D eigenvalue weighted by atomic mass is 10.2. The Morgan fingerprint density at radius 3 is 2.40 bits per heavy atom. The van der Waals surface area contributed by atoms with Crippen molar-refractivity contribution >= 4 is 49.7 Å². The van der Waals surface area contributed by atoms with E-state index in [4.69, 9.17) is 28.9 Å². The minimum Gasteiger partial charge on any atom is -0.398 e. The van der Waals surface area contributed by atoms with Crippen LogP contribution in [0.2, 0.25) is 10.0 Å². The highest BCUT2D eigenvalue weighted by Crippen LogP contribution is 2.31. The van der Waals surface area contributed by atoms with Crippen molar-refractivity contribution in [2.24, 2.45) is 0 Å². The minimum absolute atomic E-state index is 0.00869. The average Bonchev–Trinajstić information content (AvgIpc) is 2.30. The van der Waals surface area contributed by atoms with Gasteiger partial charge in [0.15, 0.2) is 0 Å². The van der Waals surface area contributed by atoms with Gasteiger partial charge in [-0.25, -0.2) is 13.1 Å². The molecule has 3 N–H and O–H groups in total. The first-order chi connectivity index (χ1) is 9.29. The predicted octanol–water partition coefficient (Wildman–Crippen LogP) is 1.77. The zero-order valence-corrected chi connectivity index (χ0v) is 13.6. The van der Waals surface area contributed by atoms with E-state index in [0.717, 1.165) is 0 Å². The highest BCUT2D eigenvalue weighted by molar-refractivity contribution is 7.89. The Morgan fingerprint density at radius 2 is 1.85 bits per heavy atom. The van der Waals surface area contributed by atoms with Gasteiger partial charge in [0.05, 0.1) is 10.7 Å². The van der Waals surface area contributed by atoms with Crippen molar-refractivity contribution in [3.05, 3.63) is 22.2 Å². The molecule has 0 spiro atoms. The lowest BCUT2D eigenvalue weighted by Crippen LogP contribution is -2.39. The molecule has 5 nitrogen and oxygen atoms in total. The number of nitrogens with two attached hydrogens (primary N) is 1. The van der Waals surface area contributed by atoms with Crippen molar-refractivity contribution in [1.82, 2.24) is 4.72 Å². The van der Waals surface area contributed by atoms with Crippen LogP contribution in [0.4, 0.5) is 5.69 Å². The van der Waals surface area contributed by atoms with E-state index in [1.54, 1.807) is 0 Å². The van der Waals surface area contributed by atoms with Crippen molar-refractivity contribution in [1.29, 1.82) is 0 Å². The van der Waals surface area contributed by atoms with Crippen LogP contribution in [-0.4, -0.2) is 30.2 Å². The first kappa shape index (κ1) is 16.0. The summed E-state index contributed by atoms with van der Waals surface area (Å²) in [5.74, 6) is 0.994. The topological polar surface area (TPSA) is 89.3 Å². The highest BCUT2D eigenvalue weighted by Gasteiger charge is 2.27. The maximum Gasteiger partial charge on any atom is 0.244 e. The molecule has 1 aliphatic rings. The first-order valence-electron chi connectivity index (χ1n) is 5.91. The molecule has 0 saturated carbocycles. The van der Waals surface area contributed by atoms with Gasteiger partial charge in [0, 0.05) is 33.4 Å². The number of halogens is 2. The van der Waals surface area contributed by atoms with E-state index in [0.29, 0.717) is 24.3 Å². The smallest absolute Gasteiger partial charge is 0.244 e. The lowest BCUT2D eigenvalue weighted by molar-refractivity contribution is 0.522. The van der Waals surface area contributed by atoms with Gasteiger partial charge in [-0.2, -0.15) is 0 Å². The third-order valence-electron chi connectivity index (χ3n) is 3.02. The predicted molar refractivity (Wildman–Crippen MR) is 82.1 cm³/mol. The van der Waals surface area contributed by atoms with Gasteiger partial charge in [0.1, 0.15) is 4.90 Å². The van der Waals surface area contributed by atoms with Crippen LogP contribution in [0.25, 0.3) is 0 Å². The van der Waals surface area contributed by atoms with E-state index in [9.17, 15) is 12.6 Å². The molecule has 20 heavy (non-hydrogen) atoms. The second-order valence-corrected chi connectivity index (χ2v) is 8.74. The molecule has 2 rings (SSSR count). The molecular weight excluding hydrogens is 343 g/mol. The number of anilines is 1. The van der Waals surface area contributed by atoms with Gasteiger partial charge in [0.25, 0.3) is 0 Å². The third kappa shape index (κ3) is 3.65. The average molecular weight is 357 g/mol. The molecule has 1 aromatic rings. The summed E-state index contributed by atoms with van der Waals surface area (Å²) >= 11 is 11.7. The molecule has 0 unspecified atom stereocenters. The van der Waals surface area contributed by atoms with E-state index in [-0.39, 0.29) is 26.7 Å². The summed E-state index contributed by atoms with van der Waals surface area (Å²) < 4.78 is 38.5. The summed E-state index contributed by atoms with van der Waals surface area (Å²) in [6.45, 7) is 0. The molecule has 1 saturated heterocycles. The number of hydrogen-bond acceptors (Lipinski definition) is 4. The summed E-state index contributed by atoms with van der Waals surface area (Å²) in [4.78, 5) is -0.157. The zero-order valence-electron chi connectivity index (χ0n) is 10.4. The zero-order chi connectivity index (χ0) is 14.9. The van der Waals surface area contributed by atoms with E-state index in [1.807, 2.05) is 0 Å². The standard InChI is InChI=1S/C11H14Cl2N2O3S2/c12-7-5-9(13)11(10(14)6-7)20(17,18)15-8-1-3-19(16)4-2-8/h5-6,8,15H,1-4,14H2. The highest BCUT2D eigenvalue weighted by atomic mass is 35.5. The van der Waals surface area contributed by atoms with Crippen LogP contribution in [0, 0.1) is 0 Å². The van der Waals surface area contributed by atoms with Crippen molar-refractivity contribution in [3.63, 3.8) is 0 Å². The summed E-state index contributed by atoms with van der Waals surface area (Å²) in [6.07, 6.45) is 1.08. The number of rotatable bonds is 3. The Labute approximate surface area is 130 Å². The molecule has 112 valence electrons. The van der Waals surface area contributed by atoms with Gasteiger partial charge < -0.3 is 5.73 Å². The molecule has 1 aliphatic heterocycles. The molecule has 1 fully saturated rings. The maximum atomic E-state index is 12.3. The molecule has 0 aromatic heterocycles. The van der Waals surface area contributed by atoms with E-state index >= 15 is 0 Å². The number of benzene rings is 1. The normalized spacial score (nSPS) is 23.7. The fourth-order valence-electron chi connectivity index (χ4n) is 2.05. The molecular formula is C11H14Cl2N2O3S2. The van der Waals surface area contributed by atoms with Crippen LogP contribution in [0.5, 0.6) is 0 Å². The number of sulfonamides is 1. The van der Waals surface area contributed by atoms with E-state index < -0.39 is 20.8 Å². The first-order valence-corrected chi connectivity index (χ1v) is 9.64. The molecule has 0 aliphatic carbocycles. The Hall–Kier alpha value is -0.340. The van der Waals surface area contributed by atoms with Crippen LogP contribution >= 0.6 is 23.2 Å². The molecule has 0 atom stereocenters. The van der Waals surface area contributed by atoms with Crippen molar-refractivity contribution in [2.75, 3.05) is 17.2 Å². The van der Waals surface area contributed by atoms with Crippen LogP contribution in [0.1, 0.15) is 12.8 Å². The van der Waals surface area contributed by atoms with Gasteiger partial charge >= 0.3 is 0 Å². The molecule has 9 heteroatoms.